The summed E-state index contributed by atoms with van der Waals surface area (Å²) < 4.78 is 24.4. The van der Waals surface area contributed by atoms with Crippen molar-refractivity contribution in [1.29, 1.82) is 5.26 Å². The van der Waals surface area contributed by atoms with Crippen LogP contribution in [-0.2, 0) is 0 Å². The first-order valence-electron chi connectivity index (χ1n) is 3.17. The second-order valence-corrected chi connectivity index (χ2v) is 3.27. The number of pyridine rings is 1. The Balaban J connectivity index is 3.44. The average Bonchev–Trinajstić information content (AvgIpc) is 2.09. The summed E-state index contributed by atoms with van der Waals surface area (Å²) in [6.45, 7) is 0. The summed E-state index contributed by atoms with van der Waals surface area (Å²) in [7, 11) is 0. The second kappa shape index (κ2) is 3.83. The van der Waals surface area contributed by atoms with Gasteiger partial charge in [-0.25, -0.2) is 8.78 Å². The van der Waals surface area contributed by atoms with Crippen LogP contribution in [0.3, 0.4) is 0 Å². The number of alkyl halides is 2. The molecule has 0 bridgehead atoms. The third-order valence-corrected chi connectivity index (χ3v) is 2.47. The predicted octanol–water partition coefficient (Wildman–Crippen LogP) is 1.79. The molecule has 0 aliphatic rings. The Kier molecular flexibility index (Phi) is 2.98. The van der Waals surface area contributed by atoms with Gasteiger partial charge in [-0.1, -0.05) is 0 Å². The Labute approximate surface area is 85.5 Å². The number of H-pyrrole nitrogens is 1. The number of nitriles is 1. The molecule has 0 unspecified atom stereocenters. The van der Waals surface area contributed by atoms with E-state index in [0.29, 0.717) is 0 Å². The van der Waals surface area contributed by atoms with Gasteiger partial charge in [0.25, 0.3) is 12.0 Å². The molecule has 0 atom stereocenters. The molecule has 0 aromatic carbocycles. The SMILES string of the molecule is N#Cc1cc(C(F)F)c(I)c(=O)[nH]1. The monoisotopic (exact) mass is 296 g/mol. The van der Waals surface area contributed by atoms with Gasteiger partial charge < -0.3 is 4.98 Å². The van der Waals surface area contributed by atoms with Crippen molar-refractivity contribution in [3.05, 3.63) is 31.2 Å². The van der Waals surface area contributed by atoms with E-state index in [1.54, 1.807) is 6.07 Å². The van der Waals surface area contributed by atoms with Gasteiger partial charge in [0.15, 0.2) is 0 Å². The van der Waals surface area contributed by atoms with Gasteiger partial charge in [-0.2, -0.15) is 5.26 Å². The highest BCUT2D eigenvalue weighted by molar-refractivity contribution is 14.1. The summed E-state index contributed by atoms with van der Waals surface area (Å²) >= 11 is 1.52. The molecule has 1 heterocycles. The highest BCUT2D eigenvalue weighted by Crippen LogP contribution is 2.21. The van der Waals surface area contributed by atoms with Crippen LogP contribution in [0.15, 0.2) is 10.9 Å². The molecule has 6 heteroatoms. The summed E-state index contributed by atoms with van der Waals surface area (Å²) in [6, 6.07) is 2.58. The van der Waals surface area contributed by atoms with Crippen LogP contribution in [0.4, 0.5) is 8.78 Å². The number of hydrogen-bond acceptors (Lipinski definition) is 2. The van der Waals surface area contributed by atoms with E-state index in [0.717, 1.165) is 6.07 Å². The smallest absolute Gasteiger partial charge is 0.265 e. The minimum absolute atomic E-state index is 0.0772. The molecule has 3 nitrogen and oxygen atoms in total. The fourth-order valence-corrected chi connectivity index (χ4v) is 1.31. The van der Waals surface area contributed by atoms with Crippen LogP contribution < -0.4 is 5.56 Å². The summed E-state index contributed by atoms with van der Waals surface area (Å²) in [4.78, 5) is 13.1. The van der Waals surface area contributed by atoms with E-state index in [1.165, 1.54) is 22.6 Å². The minimum Gasteiger partial charge on any atom is -0.313 e. The lowest BCUT2D eigenvalue weighted by molar-refractivity contribution is 0.150. The second-order valence-electron chi connectivity index (χ2n) is 2.19. The molecular formula is C7H3F2IN2O. The molecule has 0 fully saturated rings. The van der Waals surface area contributed by atoms with Crippen molar-refractivity contribution in [3.8, 4) is 6.07 Å². The number of aromatic amines is 1. The van der Waals surface area contributed by atoms with Crippen molar-refractivity contribution in [3.63, 3.8) is 0 Å². The zero-order valence-electron chi connectivity index (χ0n) is 6.14. The third kappa shape index (κ3) is 2.03. The van der Waals surface area contributed by atoms with Gasteiger partial charge in [0, 0.05) is 5.56 Å². The molecule has 1 N–H and O–H groups in total. The normalized spacial score (nSPS) is 10.1. The van der Waals surface area contributed by atoms with Crippen LogP contribution in [0, 0.1) is 14.9 Å². The molecule has 0 saturated heterocycles. The first kappa shape index (κ1) is 10.1. The molecular weight excluding hydrogens is 293 g/mol. The predicted molar refractivity (Wildman–Crippen MR) is 49.5 cm³/mol. The summed E-state index contributed by atoms with van der Waals surface area (Å²) in [5.74, 6) is 0. The van der Waals surface area contributed by atoms with Gasteiger partial charge >= 0.3 is 0 Å². The van der Waals surface area contributed by atoms with Crippen LogP contribution in [-0.4, -0.2) is 4.98 Å². The van der Waals surface area contributed by atoms with Gasteiger partial charge in [0.2, 0.25) is 0 Å². The lowest BCUT2D eigenvalue weighted by Gasteiger charge is -2.01. The summed E-state index contributed by atoms with van der Waals surface area (Å²) in [6.07, 6.45) is -2.73. The molecule has 0 aliphatic carbocycles. The first-order valence-corrected chi connectivity index (χ1v) is 4.25. The third-order valence-electron chi connectivity index (χ3n) is 1.36. The number of nitrogens with one attached hydrogen (secondary N) is 1. The van der Waals surface area contributed by atoms with E-state index in [9.17, 15) is 13.6 Å². The van der Waals surface area contributed by atoms with Crippen LogP contribution in [0.5, 0.6) is 0 Å². The molecule has 1 aromatic heterocycles. The van der Waals surface area contributed by atoms with E-state index in [2.05, 4.69) is 4.98 Å². The number of rotatable bonds is 1. The zero-order chi connectivity index (χ0) is 10.0. The van der Waals surface area contributed by atoms with Crippen molar-refractivity contribution in [2.45, 2.75) is 6.43 Å². The van der Waals surface area contributed by atoms with Crippen molar-refractivity contribution in [2.75, 3.05) is 0 Å². The standard InChI is InChI=1S/C7H3F2IN2O/c8-6(9)4-1-3(2-11)12-7(13)5(4)10/h1,6H,(H,12,13). The molecule has 1 aromatic rings. The van der Waals surface area contributed by atoms with Crippen molar-refractivity contribution >= 4 is 22.6 Å². The van der Waals surface area contributed by atoms with Gasteiger partial charge in [-0.3, -0.25) is 4.79 Å². The molecule has 0 aliphatic heterocycles. The Bertz CT molecular complexity index is 421. The molecule has 0 radical (unpaired) electrons. The number of aromatic nitrogens is 1. The van der Waals surface area contributed by atoms with Crippen LogP contribution in [0.25, 0.3) is 0 Å². The van der Waals surface area contributed by atoms with Gasteiger partial charge in [-0.05, 0) is 28.7 Å². The highest BCUT2D eigenvalue weighted by Gasteiger charge is 2.15. The molecule has 1 rings (SSSR count). The number of halogens is 3. The van der Waals surface area contributed by atoms with E-state index in [-0.39, 0.29) is 9.26 Å². The Morgan fingerprint density at radius 1 is 1.62 bits per heavy atom. The number of nitrogens with zero attached hydrogens (tertiary/aromatic N) is 1. The highest BCUT2D eigenvalue weighted by atomic mass is 127. The van der Waals surface area contributed by atoms with E-state index >= 15 is 0 Å². The van der Waals surface area contributed by atoms with Crippen molar-refractivity contribution in [1.82, 2.24) is 4.98 Å². The van der Waals surface area contributed by atoms with E-state index in [4.69, 9.17) is 5.26 Å². The summed E-state index contributed by atoms with van der Waals surface area (Å²) in [5, 5.41) is 8.39. The Morgan fingerprint density at radius 2 is 2.23 bits per heavy atom. The first-order chi connectivity index (χ1) is 6.06. The number of hydrogen-bond donors (Lipinski definition) is 1. The minimum atomic E-state index is -2.73. The maximum Gasteiger partial charge on any atom is 0.265 e. The van der Waals surface area contributed by atoms with E-state index in [1.807, 2.05) is 0 Å². The van der Waals surface area contributed by atoms with Gasteiger partial charge in [0.05, 0.1) is 3.57 Å². The quantitative estimate of drug-likeness (QED) is 0.803. The maximum absolute atomic E-state index is 12.3. The maximum atomic E-state index is 12.3. The molecule has 68 valence electrons. The van der Waals surface area contributed by atoms with Gasteiger partial charge in [-0.15, -0.1) is 0 Å². The molecule has 0 amide bonds. The fraction of sp³-hybridized carbons (Fsp3) is 0.143. The lowest BCUT2D eigenvalue weighted by Crippen LogP contribution is -2.14. The molecule has 0 saturated carbocycles. The largest absolute Gasteiger partial charge is 0.313 e. The van der Waals surface area contributed by atoms with Crippen LogP contribution in [0.2, 0.25) is 0 Å². The Hall–Kier alpha value is -0.970. The van der Waals surface area contributed by atoms with Crippen LogP contribution >= 0.6 is 22.6 Å². The van der Waals surface area contributed by atoms with Crippen LogP contribution in [0.1, 0.15) is 17.7 Å². The lowest BCUT2D eigenvalue weighted by atomic mass is 10.2. The zero-order valence-corrected chi connectivity index (χ0v) is 8.30. The topological polar surface area (TPSA) is 56.6 Å². The molecule has 13 heavy (non-hydrogen) atoms. The molecule has 0 spiro atoms. The fourth-order valence-electron chi connectivity index (χ4n) is 0.782. The van der Waals surface area contributed by atoms with Crippen molar-refractivity contribution < 1.29 is 8.78 Å². The summed E-state index contributed by atoms with van der Waals surface area (Å²) in [5.41, 5.74) is -1.21. The van der Waals surface area contributed by atoms with E-state index < -0.39 is 17.5 Å². The average molecular weight is 296 g/mol. The van der Waals surface area contributed by atoms with Gasteiger partial charge in [0.1, 0.15) is 11.8 Å². The van der Waals surface area contributed by atoms with Crippen molar-refractivity contribution in [2.24, 2.45) is 0 Å². The Morgan fingerprint density at radius 3 is 2.69 bits per heavy atom.